The third kappa shape index (κ3) is 2.59. The minimum absolute atomic E-state index is 0.250. The predicted octanol–water partition coefficient (Wildman–Crippen LogP) is 3.77. The van der Waals surface area contributed by atoms with Crippen LogP contribution in [-0.2, 0) is 6.42 Å². The molecule has 3 rings (SSSR count). The molecule has 0 N–H and O–H groups in total. The normalized spacial score (nSPS) is 10.7. The second-order valence-electron chi connectivity index (χ2n) is 4.62. The number of hydrogen-bond donors (Lipinski definition) is 0. The van der Waals surface area contributed by atoms with Crippen molar-refractivity contribution in [1.29, 1.82) is 0 Å². The minimum atomic E-state index is -0.250. The maximum absolute atomic E-state index is 12.8. The Morgan fingerprint density at radius 3 is 2.50 bits per heavy atom. The van der Waals surface area contributed by atoms with Crippen LogP contribution in [0.25, 0.3) is 11.5 Å². The van der Waals surface area contributed by atoms with Gasteiger partial charge in [0.05, 0.1) is 6.42 Å². The van der Waals surface area contributed by atoms with Crippen molar-refractivity contribution >= 4 is 0 Å². The molecule has 0 spiro atoms. The van der Waals surface area contributed by atoms with Crippen molar-refractivity contribution < 1.29 is 8.81 Å². The fraction of sp³-hybridized carbons (Fsp3) is 0.125. The Bertz CT molecular complexity index is 719. The number of aryl methyl sites for hydroxylation is 1. The Labute approximate surface area is 116 Å². The van der Waals surface area contributed by atoms with Gasteiger partial charge in [-0.3, -0.25) is 0 Å². The van der Waals surface area contributed by atoms with E-state index in [4.69, 9.17) is 4.42 Å². The van der Waals surface area contributed by atoms with Crippen LogP contribution in [0.4, 0.5) is 4.39 Å². The van der Waals surface area contributed by atoms with Crippen LogP contribution in [0.2, 0.25) is 0 Å². The van der Waals surface area contributed by atoms with Crippen molar-refractivity contribution in [2.45, 2.75) is 13.3 Å². The zero-order valence-electron chi connectivity index (χ0n) is 11.0. The number of hydrogen-bond acceptors (Lipinski definition) is 3. The van der Waals surface area contributed by atoms with Gasteiger partial charge in [0, 0.05) is 5.56 Å². The summed E-state index contributed by atoms with van der Waals surface area (Å²) in [6.07, 6.45) is 0.499. The number of benzene rings is 2. The van der Waals surface area contributed by atoms with Crippen LogP contribution in [0, 0.1) is 12.7 Å². The predicted molar refractivity (Wildman–Crippen MR) is 73.7 cm³/mol. The van der Waals surface area contributed by atoms with Crippen molar-refractivity contribution in [2.24, 2.45) is 0 Å². The van der Waals surface area contributed by atoms with Gasteiger partial charge in [0.1, 0.15) is 5.82 Å². The highest BCUT2D eigenvalue weighted by Gasteiger charge is 2.10. The summed E-state index contributed by atoms with van der Waals surface area (Å²) in [6.45, 7) is 2.00. The third-order valence-electron chi connectivity index (χ3n) is 3.11. The molecule has 2 aromatic carbocycles. The van der Waals surface area contributed by atoms with E-state index in [0.29, 0.717) is 18.2 Å². The molecule has 0 aliphatic rings. The highest BCUT2D eigenvalue weighted by atomic mass is 19.1. The van der Waals surface area contributed by atoms with Crippen molar-refractivity contribution in [3.63, 3.8) is 0 Å². The molecule has 0 aliphatic carbocycles. The fourth-order valence-electron chi connectivity index (χ4n) is 2.02. The summed E-state index contributed by atoms with van der Waals surface area (Å²) in [5.41, 5.74) is 2.96. The molecule has 0 fully saturated rings. The van der Waals surface area contributed by atoms with Crippen LogP contribution < -0.4 is 0 Å². The first kappa shape index (κ1) is 12.5. The molecular weight excluding hydrogens is 255 g/mol. The lowest BCUT2D eigenvalue weighted by Gasteiger charge is -1.99. The summed E-state index contributed by atoms with van der Waals surface area (Å²) < 4.78 is 18.5. The molecule has 1 aromatic heterocycles. The first-order valence-electron chi connectivity index (χ1n) is 6.35. The Morgan fingerprint density at radius 2 is 1.75 bits per heavy atom. The summed E-state index contributed by atoms with van der Waals surface area (Å²) in [5.74, 6) is 0.787. The van der Waals surface area contributed by atoms with E-state index in [9.17, 15) is 4.39 Å². The van der Waals surface area contributed by atoms with Crippen LogP contribution in [0.1, 0.15) is 17.0 Å². The van der Waals surface area contributed by atoms with E-state index in [1.807, 2.05) is 31.2 Å². The lowest BCUT2D eigenvalue weighted by molar-refractivity contribution is 0.517. The lowest BCUT2D eigenvalue weighted by atomic mass is 10.1. The number of rotatable bonds is 3. The Hall–Kier alpha value is -2.49. The van der Waals surface area contributed by atoms with Gasteiger partial charge in [-0.05, 0) is 36.2 Å². The summed E-state index contributed by atoms with van der Waals surface area (Å²) in [4.78, 5) is 0. The smallest absolute Gasteiger partial charge is 0.248 e. The molecule has 4 heteroatoms. The van der Waals surface area contributed by atoms with Crippen LogP contribution in [-0.4, -0.2) is 10.2 Å². The fourth-order valence-corrected chi connectivity index (χ4v) is 2.02. The van der Waals surface area contributed by atoms with Gasteiger partial charge in [-0.2, -0.15) is 0 Å². The van der Waals surface area contributed by atoms with Crippen molar-refractivity contribution in [2.75, 3.05) is 0 Å². The molecule has 0 aliphatic heterocycles. The molecule has 20 heavy (non-hydrogen) atoms. The van der Waals surface area contributed by atoms with Crippen LogP contribution >= 0.6 is 0 Å². The van der Waals surface area contributed by atoms with Crippen LogP contribution in [0.5, 0.6) is 0 Å². The van der Waals surface area contributed by atoms with Gasteiger partial charge in [-0.1, -0.05) is 30.3 Å². The van der Waals surface area contributed by atoms with E-state index in [-0.39, 0.29) is 5.82 Å². The van der Waals surface area contributed by atoms with Gasteiger partial charge < -0.3 is 4.42 Å². The summed E-state index contributed by atoms with van der Waals surface area (Å²) in [5, 5.41) is 8.11. The second-order valence-corrected chi connectivity index (χ2v) is 4.62. The largest absolute Gasteiger partial charge is 0.420 e. The topological polar surface area (TPSA) is 38.9 Å². The standard InChI is InChI=1S/C16H13FN2O/c1-11-4-2-3-5-14(11)16-19-18-15(20-16)10-12-6-8-13(17)9-7-12/h2-9H,10H2,1H3. The highest BCUT2D eigenvalue weighted by molar-refractivity contribution is 5.57. The molecule has 100 valence electrons. The van der Waals surface area contributed by atoms with Gasteiger partial charge in [-0.15, -0.1) is 10.2 Å². The molecule has 3 aromatic rings. The second kappa shape index (κ2) is 5.25. The monoisotopic (exact) mass is 268 g/mol. The molecule has 0 unspecified atom stereocenters. The van der Waals surface area contributed by atoms with Crippen molar-refractivity contribution in [3.05, 3.63) is 71.4 Å². The third-order valence-corrected chi connectivity index (χ3v) is 3.11. The molecule has 0 atom stereocenters. The molecule has 3 nitrogen and oxygen atoms in total. The summed E-state index contributed by atoms with van der Waals surface area (Å²) in [7, 11) is 0. The number of halogens is 1. The molecular formula is C16H13FN2O. The summed E-state index contributed by atoms with van der Waals surface area (Å²) >= 11 is 0. The van der Waals surface area contributed by atoms with Gasteiger partial charge in [0.2, 0.25) is 11.8 Å². The van der Waals surface area contributed by atoms with E-state index in [0.717, 1.165) is 16.7 Å². The summed E-state index contributed by atoms with van der Waals surface area (Å²) in [6, 6.07) is 14.1. The Kier molecular flexibility index (Phi) is 3.29. The number of nitrogens with zero attached hydrogens (tertiary/aromatic N) is 2. The van der Waals surface area contributed by atoms with Gasteiger partial charge in [0.25, 0.3) is 0 Å². The minimum Gasteiger partial charge on any atom is -0.420 e. The van der Waals surface area contributed by atoms with E-state index in [2.05, 4.69) is 10.2 Å². The maximum atomic E-state index is 12.8. The SMILES string of the molecule is Cc1ccccc1-c1nnc(Cc2ccc(F)cc2)o1. The van der Waals surface area contributed by atoms with Gasteiger partial charge in [0.15, 0.2) is 0 Å². The Balaban J connectivity index is 1.84. The van der Waals surface area contributed by atoms with E-state index >= 15 is 0 Å². The highest BCUT2D eigenvalue weighted by Crippen LogP contribution is 2.22. The van der Waals surface area contributed by atoms with Crippen molar-refractivity contribution in [3.8, 4) is 11.5 Å². The molecule has 0 amide bonds. The zero-order valence-corrected chi connectivity index (χ0v) is 11.0. The molecule has 1 heterocycles. The molecule has 0 bridgehead atoms. The van der Waals surface area contributed by atoms with E-state index < -0.39 is 0 Å². The van der Waals surface area contributed by atoms with Gasteiger partial charge in [-0.25, -0.2) is 4.39 Å². The molecule has 0 saturated heterocycles. The Morgan fingerprint density at radius 1 is 1.00 bits per heavy atom. The van der Waals surface area contributed by atoms with Gasteiger partial charge >= 0.3 is 0 Å². The molecule has 0 radical (unpaired) electrons. The van der Waals surface area contributed by atoms with Crippen LogP contribution in [0.15, 0.2) is 52.9 Å². The number of aromatic nitrogens is 2. The molecule has 0 saturated carbocycles. The average Bonchev–Trinajstić information content (AvgIpc) is 2.90. The first-order chi connectivity index (χ1) is 9.72. The maximum Gasteiger partial charge on any atom is 0.248 e. The quantitative estimate of drug-likeness (QED) is 0.725. The van der Waals surface area contributed by atoms with E-state index in [1.54, 1.807) is 12.1 Å². The van der Waals surface area contributed by atoms with Crippen LogP contribution in [0.3, 0.4) is 0 Å². The average molecular weight is 268 g/mol. The lowest BCUT2D eigenvalue weighted by Crippen LogP contribution is -1.88. The zero-order chi connectivity index (χ0) is 13.9. The van der Waals surface area contributed by atoms with Crippen molar-refractivity contribution in [1.82, 2.24) is 10.2 Å². The van der Waals surface area contributed by atoms with E-state index in [1.165, 1.54) is 12.1 Å². The first-order valence-corrected chi connectivity index (χ1v) is 6.35.